The van der Waals surface area contributed by atoms with E-state index < -0.39 is 22.2 Å². The Balaban J connectivity index is 1.99. The highest BCUT2D eigenvalue weighted by molar-refractivity contribution is 7.92. The fraction of sp³-hybridized carbons (Fsp3) is 0.286. The summed E-state index contributed by atoms with van der Waals surface area (Å²) < 4.78 is 43.3. The molecule has 0 unspecified atom stereocenters. The van der Waals surface area contributed by atoms with Crippen LogP contribution in [0.25, 0.3) is 0 Å². The van der Waals surface area contributed by atoms with Gasteiger partial charge in [0.05, 0.1) is 29.9 Å². The fourth-order valence-corrected chi connectivity index (χ4v) is 4.92. The molecule has 176 valence electrons. The summed E-state index contributed by atoms with van der Waals surface area (Å²) in [6.07, 6.45) is 2.79. The summed E-state index contributed by atoms with van der Waals surface area (Å²) in [6, 6.07) is 8.38. The van der Waals surface area contributed by atoms with Crippen LogP contribution in [0.15, 0.2) is 47.8 Å². The number of anilines is 4. The van der Waals surface area contributed by atoms with Gasteiger partial charge in [0.15, 0.2) is 20.7 Å². The molecular formula is C21H25ClN5O4PS. The smallest absolute Gasteiger partial charge is 0.229 e. The first-order valence-corrected chi connectivity index (χ1v) is 14.4. The van der Waals surface area contributed by atoms with Crippen LogP contribution in [0.2, 0.25) is 5.02 Å². The molecule has 0 aliphatic heterocycles. The highest BCUT2D eigenvalue weighted by atomic mass is 35.5. The third kappa shape index (κ3) is 5.63. The van der Waals surface area contributed by atoms with Crippen molar-refractivity contribution < 1.29 is 17.7 Å². The number of sulfone groups is 1. The molecule has 2 aromatic heterocycles. The summed E-state index contributed by atoms with van der Waals surface area (Å²) in [5.41, 5.74) is 0.770. The second-order valence-corrected chi connectivity index (χ2v) is 13.9. The number of methoxy groups -OCH3 is 1. The van der Waals surface area contributed by atoms with Crippen molar-refractivity contribution in [1.29, 1.82) is 0 Å². The summed E-state index contributed by atoms with van der Waals surface area (Å²) >= 11 is 6.28. The predicted octanol–water partition coefficient (Wildman–Crippen LogP) is 4.45. The van der Waals surface area contributed by atoms with Crippen molar-refractivity contribution in [3.05, 3.63) is 47.7 Å². The van der Waals surface area contributed by atoms with Crippen LogP contribution < -0.4 is 20.7 Å². The Morgan fingerprint density at radius 1 is 1.09 bits per heavy atom. The number of hydrogen-bond donors (Lipinski definition) is 2. The van der Waals surface area contributed by atoms with Crippen molar-refractivity contribution in [2.24, 2.45) is 0 Å². The predicted molar refractivity (Wildman–Crippen MR) is 132 cm³/mol. The minimum Gasteiger partial charge on any atom is -0.495 e. The average Bonchev–Trinajstić information content (AvgIpc) is 2.75. The van der Waals surface area contributed by atoms with Crippen molar-refractivity contribution in [1.82, 2.24) is 15.0 Å². The molecule has 33 heavy (non-hydrogen) atoms. The van der Waals surface area contributed by atoms with Crippen LogP contribution in [-0.2, 0) is 14.4 Å². The molecule has 0 saturated carbocycles. The molecule has 0 aliphatic carbocycles. The maximum Gasteiger partial charge on any atom is 0.229 e. The highest BCUT2D eigenvalue weighted by Gasteiger charge is 2.25. The number of aromatic nitrogens is 3. The van der Waals surface area contributed by atoms with Crippen molar-refractivity contribution in [3.63, 3.8) is 0 Å². The summed E-state index contributed by atoms with van der Waals surface area (Å²) in [5.74, 6) is 0.878. The first kappa shape index (κ1) is 25.0. The molecule has 1 aromatic carbocycles. The van der Waals surface area contributed by atoms with Gasteiger partial charge in [-0.2, -0.15) is 4.98 Å². The van der Waals surface area contributed by atoms with Crippen molar-refractivity contribution in [3.8, 4) is 5.75 Å². The van der Waals surface area contributed by atoms with E-state index in [-0.39, 0.29) is 27.5 Å². The van der Waals surface area contributed by atoms with Crippen molar-refractivity contribution in [2.45, 2.75) is 24.1 Å². The van der Waals surface area contributed by atoms with Crippen LogP contribution in [0, 0.1) is 0 Å². The topological polar surface area (TPSA) is 123 Å². The third-order valence-corrected chi connectivity index (χ3v) is 8.61. The summed E-state index contributed by atoms with van der Waals surface area (Å²) in [6.45, 7) is 6.52. The first-order chi connectivity index (χ1) is 15.4. The van der Waals surface area contributed by atoms with Gasteiger partial charge in [0.2, 0.25) is 5.95 Å². The van der Waals surface area contributed by atoms with E-state index in [1.54, 1.807) is 57.5 Å². The van der Waals surface area contributed by atoms with E-state index in [1.165, 1.54) is 19.5 Å². The SMILES string of the molecule is COc1ccc(P(C)(C)=O)cc1Nc1ncc(Cl)c(Nc2cccnc2S(=O)(=O)C(C)C)n1. The van der Waals surface area contributed by atoms with Crippen molar-refractivity contribution >= 4 is 57.0 Å². The van der Waals surface area contributed by atoms with Gasteiger partial charge in [0.1, 0.15) is 17.9 Å². The second-order valence-electron chi connectivity index (χ2n) is 7.83. The highest BCUT2D eigenvalue weighted by Crippen LogP contribution is 2.38. The van der Waals surface area contributed by atoms with Gasteiger partial charge >= 0.3 is 0 Å². The van der Waals surface area contributed by atoms with Gasteiger partial charge in [-0.3, -0.25) is 0 Å². The normalized spacial score (nSPS) is 12.0. The Morgan fingerprint density at radius 3 is 2.45 bits per heavy atom. The number of benzene rings is 1. The molecule has 0 bridgehead atoms. The summed E-state index contributed by atoms with van der Waals surface area (Å²) in [4.78, 5) is 12.6. The molecule has 0 aliphatic rings. The number of nitrogens with one attached hydrogen (secondary N) is 2. The molecule has 0 saturated heterocycles. The Kier molecular flexibility index (Phi) is 7.31. The Bertz CT molecular complexity index is 1330. The van der Waals surface area contributed by atoms with Crippen molar-refractivity contribution in [2.75, 3.05) is 31.1 Å². The lowest BCUT2D eigenvalue weighted by atomic mass is 10.3. The standard InChI is InChI=1S/C21H25ClN5O4PS/c1-13(2)33(29,30)20-16(7-6-10-23-20)25-19-15(22)12-24-21(27-19)26-17-11-14(32(4,5)28)8-9-18(17)31-3/h6-13H,1-5H3,(H2,24,25,26,27). The minimum absolute atomic E-state index is 0.0970. The summed E-state index contributed by atoms with van der Waals surface area (Å²) in [7, 11) is -4.63. The molecule has 3 aromatic rings. The van der Waals surface area contributed by atoms with Gasteiger partial charge in [-0.05, 0) is 57.5 Å². The van der Waals surface area contributed by atoms with Gasteiger partial charge < -0.3 is 19.9 Å². The van der Waals surface area contributed by atoms with Gasteiger partial charge in [0.25, 0.3) is 0 Å². The monoisotopic (exact) mass is 509 g/mol. The van der Waals surface area contributed by atoms with Crippen LogP contribution in [0.5, 0.6) is 5.75 Å². The van der Waals surface area contributed by atoms with Crippen LogP contribution in [0.4, 0.5) is 23.1 Å². The first-order valence-electron chi connectivity index (χ1n) is 9.92. The molecule has 3 rings (SSSR count). The van der Waals surface area contributed by atoms with E-state index in [1.807, 2.05) is 0 Å². The quantitative estimate of drug-likeness (QED) is 0.424. The zero-order valence-corrected chi connectivity index (χ0v) is 21.3. The van der Waals surface area contributed by atoms with Gasteiger partial charge in [-0.1, -0.05) is 11.6 Å². The largest absolute Gasteiger partial charge is 0.495 e. The lowest BCUT2D eigenvalue weighted by molar-refractivity contribution is 0.417. The van der Waals surface area contributed by atoms with Crippen LogP contribution in [-0.4, -0.2) is 49.1 Å². The fourth-order valence-electron chi connectivity index (χ4n) is 2.83. The number of rotatable bonds is 8. The maximum absolute atomic E-state index is 12.7. The van der Waals surface area contributed by atoms with Gasteiger partial charge in [0, 0.05) is 11.5 Å². The molecule has 9 nitrogen and oxygen atoms in total. The maximum atomic E-state index is 12.7. The zero-order valence-electron chi connectivity index (χ0n) is 18.8. The molecule has 0 spiro atoms. The zero-order chi connectivity index (χ0) is 24.4. The lowest BCUT2D eigenvalue weighted by Crippen LogP contribution is -2.17. The minimum atomic E-state index is -3.65. The molecule has 2 heterocycles. The molecule has 0 fully saturated rings. The van der Waals surface area contributed by atoms with Crippen LogP contribution in [0.3, 0.4) is 0 Å². The van der Waals surface area contributed by atoms with Gasteiger partial charge in [-0.25, -0.2) is 18.4 Å². The number of nitrogens with zero attached hydrogens (tertiary/aromatic N) is 3. The number of halogens is 1. The molecule has 12 heteroatoms. The number of pyridine rings is 1. The molecule has 0 amide bonds. The van der Waals surface area contributed by atoms with E-state index in [9.17, 15) is 13.0 Å². The number of ether oxygens (including phenoxy) is 1. The summed E-state index contributed by atoms with van der Waals surface area (Å²) in [5, 5.41) is 6.10. The lowest BCUT2D eigenvalue weighted by Gasteiger charge is -2.16. The van der Waals surface area contributed by atoms with E-state index in [2.05, 4.69) is 25.6 Å². The van der Waals surface area contributed by atoms with Crippen LogP contribution in [0.1, 0.15) is 13.8 Å². The van der Waals surface area contributed by atoms with E-state index in [0.717, 1.165) is 0 Å². The molecular weight excluding hydrogens is 485 g/mol. The van der Waals surface area contributed by atoms with Crippen LogP contribution >= 0.6 is 18.7 Å². The molecule has 2 N–H and O–H groups in total. The van der Waals surface area contributed by atoms with Gasteiger partial charge in [-0.15, -0.1) is 0 Å². The Hall–Kier alpha value is -2.68. The Labute approximate surface area is 198 Å². The third-order valence-electron chi connectivity index (χ3n) is 4.71. The van der Waals surface area contributed by atoms with E-state index in [0.29, 0.717) is 16.7 Å². The van der Waals surface area contributed by atoms with E-state index in [4.69, 9.17) is 16.3 Å². The van der Waals surface area contributed by atoms with E-state index >= 15 is 0 Å². The number of hydrogen-bond acceptors (Lipinski definition) is 9. The molecule has 0 atom stereocenters. The molecule has 0 radical (unpaired) electrons. The second kappa shape index (κ2) is 9.67. The average molecular weight is 510 g/mol. The Morgan fingerprint density at radius 2 is 1.82 bits per heavy atom.